The molecule has 1 amide bonds. The first-order chi connectivity index (χ1) is 14.3. The maximum Gasteiger partial charge on any atom is 0.341 e. The average molecular weight is 438 g/mol. The van der Waals surface area contributed by atoms with E-state index in [2.05, 4.69) is 5.32 Å². The highest BCUT2D eigenvalue weighted by atomic mass is 35.5. The van der Waals surface area contributed by atoms with Crippen LogP contribution in [0.3, 0.4) is 0 Å². The fourth-order valence-corrected chi connectivity index (χ4v) is 3.04. The van der Waals surface area contributed by atoms with Crippen LogP contribution in [0, 0.1) is 15.9 Å². The van der Waals surface area contributed by atoms with Gasteiger partial charge in [0.2, 0.25) is 0 Å². The molecule has 0 bridgehead atoms. The van der Waals surface area contributed by atoms with Crippen LogP contribution in [0.1, 0.15) is 10.4 Å². The van der Waals surface area contributed by atoms with E-state index in [1.807, 2.05) is 4.90 Å². The van der Waals surface area contributed by atoms with Gasteiger partial charge < -0.3 is 19.7 Å². The number of carbonyl (C=O) groups excluding carboxylic acids is 2. The molecule has 0 spiro atoms. The summed E-state index contributed by atoms with van der Waals surface area (Å²) in [5.74, 6) is -2.20. The van der Waals surface area contributed by atoms with Crippen molar-refractivity contribution < 1.29 is 28.4 Å². The maximum absolute atomic E-state index is 13.2. The Morgan fingerprint density at radius 3 is 2.63 bits per heavy atom. The van der Waals surface area contributed by atoms with Crippen LogP contribution < -0.4 is 10.2 Å². The van der Waals surface area contributed by atoms with Crippen molar-refractivity contribution in [1.29, 1.82) is 0 Å². The third-order valence-electron chi connectivity index (χ3n) is 4.30. The highest BCUT2D eigenvalue weighted by Crippen LogP contribution is 2.27. The number of rotatable bonds is 6. The zero-order chi connectivity index (χ0) is 21.7. The van der Waals surface area contributed by atoms with Crippen molar-refractivity contribution in [1.82, 2.24) is 0 Å². The number of hydrogen-bond donors (Lipinski definition) is 1. The van der Waals surface area contributed by atoms with Crippen molar-refractivity contribution in [2.24, 2.45) is 0 Å². The Labute approximate surface area is 175 Å². The van der Waals surface area contributed by atoms with Crippen LogP contribution in [0.4, 0.5) is 21.5 Å². The number of esters is 1. The van der Waals surface area contributed by atoms with Gasteiger partial charge in [0, 0.05) is 30.9 Å². The Hall–Kier alpha value is -3.24. The van der Waals surface area contributed by atoms with Gasteiger partial charge in [0.15, 0.2) is 6.61 Å². The number of anilines is 2. The standard InChI is InChI=1S/C19H17ClFN3O6/c20-15-9-12(1-3-16(15)21)22-18(25)11-30-19(26)14-10-13(24(27)28)2-4-17(14)23-5-7-29-8-6-23/h1-4,9-10H,5-8,11H2,(H,22,25). The minimum atomic E-state index is -0.882. The van der Waals surface area contributed by atoms with Gasteiger partial charge >= 0.3 is 5.97 Å². The van der Waals surface area contributed by atoms with E-state index < -0.39 is 29.2 Å². The molecular weight excluding hydrogens is 421 g/mol. The molecule has 11 heteroatoms. The first-order valence-corrected chi connectivity index (χ1v) is 9.26. The van der Waals surface area contributed by atoms with Crippen LogP contribution in [-0.2, 0) is 14.3 Å². The molecule has 158 valence electrons. The minimum Gasteiger partial charge on any atom is -0.452 e. The molecule has 0 unspecified atom stereocenters. The molecule has 30 heavy (non-hydrogen) atoms. The van der Waals surface area contributed by atoms with E-state index in [1.54, 1.807) is 0 Å². The fraction of sp³-hybridized carbons (Fsp3) is 0.263. The second-order valence-corrected chi connectivity index (χ2v) is 6.72. The minimum absolute atomic E-state index is 0.0243. The smallest absolute Gasteiger partial charge is 0.341 e. The molecule has 1 N–H and O–H groups in total. The van der Waals surface area contributed by atoms with E-state index in [0.717, 1.165) is 12.1 Å². The van der Waals surface area contributed by atoms with Gasteiger partial charge in [0.25, 0.3) is 11.6 Å². The molecule has 3 rings (SSSR count). The van der Waals surface area contributed by atoms with Crippen LogP contribution in [0.25, 0.3) is 0 Å². The lowest BCUT2D eigenvalue weighted by atomic mass is 10.1. The third-order valence-corrected chi connectivity index (χ3v) is 4.59. The SMILES string of the molecule is O=C(COC(=O)c1cc([N+](=O)[O-])ccc1N1CCOCC1)Nc1ccc(F)c(Cl)c1. The molecule has 0 radical (unpaired) electrons. The molecule has 0 atom stereocenters. The van der Waals surface area contributed by atoms with Gasteiger partial charge in [0.05, 0.1) is 34.4 Å². The number of nitro benzene ring substituents is 1. The van der Waals surface area contributed by atoms with Crippen molar-refractivity contribution in [3.05, 3.63) is 62.9 Å². The maximum atomic E-state index is 13.2. The third kappa shape index (κ3) is 5.22. The first-order valence-electron chi connectivity index (χ1n) is 8.88. The molecule has 2 aromatic rings. The molecule has 1 saturated heterocycles. The largest absolute Gasteiger partial charge is 0.452 e. The number of carbonyl (C=O) groups is 2. The lowest BCUT2D eigenvalue weighted by Gasteiger charge is -2.30. The first kappa shape index (κ1) is 21.5. The molecule has 1 fully saturated rings. The number of nitrogens with one attached hydrogen (secondary N) is 1. The topological polar surface area (TPSA) is 111 Å². The van der Waals surface area contributed by atoms with Gasteiger partial charge in [-0.15, -0.1) is 0 Å². The highest BCUT2D eigenvalue weighted by Gasteiger charge is 2.23. The van der Waals surface area contributed by atoms with Crippen LogP contribution in [-0.4, -0.2) is 49.7 Å². The summed E-state index contributed by atoms with van der Waals surface area (Å²) in [6.45, 7) is 1.27. The van der Waals surface area contributed by atoms with Crippen molar-refractivity contribution in [2.45, 2.75) is 0 Å². The van der Waals surface area contributed by atoms with Gasteiger partial charge in [-0.05, 0) is 24.3 Å². The molecular formula is C19H17ClFN3O6. The van der Waals surface area contributed by atoms with Gasteiger partial charge in [-0.1, -0.05) is 11.6 Å². The van der Waals surface area contributed by atoms with Gasteiger partial charge in [-0.2, -0.15) is 0 Å². The van der Waals surface area contributed by atoms with E-state index in [-0.39, 0.29) is 22.0 Å². The summed E-state index contributed by atoms with van der Waals surface area (Å²) in [7, 11) is 0. The zero-order valence-electron chi connectivity index (χ0n) is 15.6. The number of nitrogens with zero attached hydrogens (tertiary/aromatic N) is 2. The van der Waals surface area contributed by atoms with Gasteiger partial charge in [-0.25, -0.2) is 9.18 Å². The molecule has 9 nitrogen and oxygen atoms in total. The van der Waals surface area contributed by atoms with Crippen molar-refractivity contribution >= 4 is 40.5 Å². The lowest BCUT2D eigenvalue weighted by Crippen LogP contribution is -2.37. The Morgan fingerprint density at radius 1 is 1.23 bits per heavy atom. The molecule has 1 aliphatic rings. The van der Waals surface area contributed by atoms with E-state index in [9.17, 15) is 24.1 Å². The second-order valence-electron chi connectivity index (χ2n) is 6.31. The summed E-state index contributed by atoms with van der Waals surface area (Å²) in [5, 5.41) is 13.4. The Balaban J connectivity index is 1.71. The number of ether oxygens (including phenoxy) is 2. The molecule has 0 aliphatic carbocycles. The quantitative estimate of drug-likeness (QED) is 0.420. The highest BCUT2D eigenvalue weighted by molar-refractivity contribution is 6.31. The summed E-state index contributed by atoms with van der Waals surface area (Å²) >= 11 is 5.66. The summed E-state index contributed by atoms with van der Waals surface area (Å²) in [4.78, 5) is 37.0. The number of benzene rings is 2. The molecule has 0 saturated carbocycles. The van der Waals surface area contributed by atoms with Crippen LogP contribution >= 0.6 is 11.6 Å². The molecule has 1 heterocycles. The average Bonchev–Trinajstić information content (AvgIpc) is 2.74. The van der Waals surface area contributed by atoms with E-state index in [1.165, 1.54) is 24.3 Å². The van der Waals surface area contributed by atoms with Crippen LogP contribution in [0.2, 0.25) is 5.02 Å². The molecule has 2 aromatic carbocycles. The number of amides is 1. The number of non-ortho nitro benzene ring substituents is 1. The Morgan fingerprint density at radius 2 is 1.97 bits per heavy atom. The van der Waals surface area contributed by atoms with E-state index in [4.69, 9.17) is 21.1 Å². The van der Waals surface area contributed by atoms with Crippen LogP contribution in [0.5, 0.6) is 0 Å². The predicted octanol–water partition coefficient (Wildman–Crippen LogP) is 3.02. The van der Waals surface area contributed by atoms with E-state index >= 15 is 0 Å². The van der Waals surface area contributed by atoms with Gasteiger partial charge in [-0.3, -0.25) is 14.9 Å². The number of nitro groups is 1. The number of morpholine rings is 1. The van der Waals surface area contributed by atoms with E-state index in [0.29, 0.717) is 32.0 Å². The summed E-state index contributed by atoms with van der Waals surface area (Å²) < 4.78 is 23.5. The van der Waals surface area contributed by atoms with Crippen LogP contribution in [0.15, 0.2) is 36.4 Å². The lowest BCUT2D eigenvalue weighted by molar-refractivity contribution is -0.384. The van der Waals surface area contributed by atoms with Crippen molar-refractivity contribution in [2.75, 3.05) is 43.1 Å². The predicted molar refractivity (Wildman–Crippen MR) is 106 cm³/mol. The monoisotopic (exact) mass is 437 g/mol. The zero-order valence-corrected chi connectivity index (χ0v) is 16.4. The molecule has 1 aliphatic heterocycles. The normalized spacial score (nSPS) is 13.6. The Bertz CT molecular complexity index is 981. The summed E-state index contributed by atoms with van der Waals surface area (Å²) in [5.41, 5.74) is 0.388. The molecule has 0 aromatic heterocycles. The Kier molecular flexibility index (Phi) is 6.80. The van der Waals surface area contributed by atoms with Crippen molar-refractivity contribution in [3.8, 4) is 0 Å². The van der Waals surface area contributed by atoms with Gasteiger partial charge in [0.1, 0.15) is 5.82 Å². The number of hydrogen-bond acceptors (Lipinski definition) is 7. The summed E-state index contributed by atoms with van der Waals surface area (Å²) in [6, 6.07) is 7.49. The fourth-order valence-electron chi connectivity index (χ4n) is 2.86. The van der Waals surface area contributed by atoms with Crippen molar-refractivity contribution in [3.63, 3.8) is 0 Å². The number of halogens is 2. The second kappa shape index (κ2) is 9.51. The summed E-state index contributed by atoms with van der Waals surface area (Å²) in [6.07, 6.45) is 0.